The Labute approximate surface area is 154 Å². The molecule has 0 aliphatic heterocycles. The summed E-state index contributed by atoms with van der Waals surface area (Å²) in [6, 6.07) is 20.3. The van der Waals surface area contributed by atoms with Gasteiger partial charge in [0.2, 0.25) is 0 Å². The summed E-state index contributed by atoms with van der Waals surface area (Å²) in [5.41, 5.74) is 4.43. The van der Waals surface area contributed by atoms with E-state index >= 15 is 0 Å². The smallest absolute Gasteiger partial charge is 0.183 e. The first-order valence-corrected chi connectivity index (χ1v) is 8.57. The van der Waals surface area contributed by atoms with Crippen LogP contribution in [0.5, 0.6) is 0 Å². The minimum atomic E-state index is 0.519. The Morgan fingerprint density at radius 1 is 0.889 bits per heavy atom. The molecule has 5 rings (SSSR count). The number of H-pyrrole nitrogens is 1. The van der Waals surface area contributed by atoms with Gasteiger partial charge in [0.1, 0.15) is 11.4 Å². The van der Waals surface area contributed by atoms with Crippen LogP contribution in [-0.2, 0) is 6.54 Å². The van der Waals surface area contributed by atoms with Crippen molar-refractivity contribution in [2.45, 2.75) is 6.54 Å². The molecule has 27 heavy (non-hydrogen) atoms. The molecule has 7 heteroatoms. The van der Waals surface area contributed by atoms with Crippen LogP contribution < -0.4 is 0 Å². The summed E-state index contributed by atoms with van der Waals surface area (Å²) in [6.07, 6.45) is 3.42. The third-order valence-corrected chi connectivity index (χ3v) is 4.36. The minimum absolute atomic E-state index is 0.519. The van der Waals surface area contributed by atoms with E-state index in [2.05, 4.69) is 32.5 Å². The number of rotatable bonds is 4. The van der Waals surface area contributed by atoms with Gasteiger partial charge in [0.25, 0.3) is 0 Å². The Morgan fingerprint density at radius 3 is 2.41 bits per heavy atom. The van der Waals surface area contributed by atoms with E-state index in [1.165, 1.54) is 0 Å². The van der Waals surface area contributed by atoms with Gasteiger partial charge in [-0.05, 0) is 5.56 Å². The summed E-state index contributed by atoms with van der Waals surface area (Å²) >= 11 is 0. The van der Waals surface area contributed by atoms with Crippen LogP contribution in [0.3, 0.4) is 0 Å². The maximum absolute atomic E-state index is 4.85. The topological polar surface area (TPSA) is 85.2 Å². The molecule has 3 aromatic heterocycles. The number of hydrogen-bond acceptors (Lipinski definition) is 5. The van der Waals surface area contributed by atoms with E-state index in [1.54, 1.807) is 6.20 Å². The Balaban J connectivity index is 1.70. The first-order valence-electron chi connectivity index (χ1n) is 8.57. The van der Waals surface area contributed by atoms with Crippen molar-refractivity contribution in [2.75, 3.05) is 0 Å². The first kappa shape index (κ1) is 15.4. The number of benzene rings is 2. The number of nitrogens with zero attached hydrogens (tertiary/aromatic N) is 6. The van der Waals surface area contributed by atoms with E-state index in [-0.39, 0.29) is 0 Å². The maximum Gasteiger partial charge on any atom is 0.183 e. The minimum Gasteiger partial charge on any atom is -0.242 e. The number of aromatic amines is 1. The monoisotopic (exact) mass is 353 g/mol. The van der Waals surface area contributed by atoms with Crippen LogP contribution in [0.2, 0.25) is 0 Å². The van der Waals surface area contributed by atoms with Gasteiger partial charge in [0.15, 0.2) is 11.5 Å². The SMILES string of the molecule is c1ccc(Cn2nc(-c3ccccc3)c3cnc(-c4cn[nH]n4)nc32)cc1. The summed E-state index contributed by atoms with van der Waals surface area (Å²) in [7, 11) is 0. The Hall–Kier alpha value is -3.87. The fraction of sp³-hybridized carbons (Fsp3) is 0.0500. The third-order valence-electron chi connectivity index (χ3n) is 4.36. The zero-order chi connectivity index (χ0) is 18.1. The quantitative estimate of drug-likeness (QED) is 0.536. The largest absolute Gasteiger partial charge is 0.242 e. The molecule has 3 heterocycles. The second-order valence-electron chi connectivity index (χ2n) is 6.14. The lowest BCUT2D eigenvalue weighted by Gasteiger charge is -2.03. The predicted molar refractivity (Wildman–Crippen MR) is 102 cm³/mol. The molecule has 1 N–H and O–H groups in total. The summed E-state index contributed by atoms with van der Waals surface area (Å²) in [6.45, 7) is 0.624. The van der Waals surface area contributed by atoms with Gasteiger partial charge in [0.05, 0.1) is 18.1 Å². The summed E-state index contributed by atoms with van der Waals surface area (Å²) in [5, 5.41) is 16.3. The Bertz CT molecular complexity index is 1180. The van der Waals surface area contributed by atoms with Crippen LogP contribution in [0.1, 0.15) is 5.56 Å². The lowest BCUT2D eigenvalue weighted by atomic mass is 10.1. The molecule has 0 spiro atoms. The van der Waals surface area contributed by atoms with Crippen molar-refractivity contribution in [3.05, 3.63) is 78.6 Å². The molecule has 0 fully saturated rings. The highest BCUT2D eigenvalue weighted by Gasteiger charge is 2.16. The average molecular weight is 353 g/mol. The Kier molecular flexibility index (Phi) is 3.68. The zero-order valence-corrected chi connectivity index (χ0v) is 14.3. The fourth-order valence-electron chi connectivity index (χ4n) is 3.07. The van der Waals surface area contributed by atoms with Crippen molar-refractivity contribution in [3.8, 4) is 22.8 Å². The highest BCUT2D eigenvalue weighted by molar-refractivity contribution is 5.91. The van der Waals surface area contributed by atoms with Gasteiger partial charge in [0, 0.05) is 11.8 Å². The van der Waals surface area contributed by atoms with Gasteiger partial charge in [-0.15, -0.1) is 0 Å². The number of hydrogen-bond donors (Lipinski definition) is 1. The van der Waals surface area contributed by atoms with Crippen LogP contribution in [-0.4, -0.2) is 35.2 Å². The second-order valence-corrected chi connectivity index (χ2v) is 6.14. The molecule has 0 radical (unpaired) electrons. The van der Waals surface area contributed by atoms with Crippen molar-refractivity contribution in [2.24, 2.45) is 0 Å². The number of nitrogens with one attached hydrogen (secondary N) is 1. The van der Waals surface area contributed by atoms with Gasteiger partial charge in [-0.2, -0.15) is 20.5 Å². The van der Waals surface area contributed by atoms with E-state index in [1.807, 2.05) is 59.4 Å². The molecule has 5 aromatic rings. The standard InChI is InChI=1S/C20H15N7/c1-3-7-14(8-4-1)13-27-20-16(18(25-27)15-9-5-2-6-10-15)11-21-19(23-20)17-12-22-26-24-17/h1-12H,13H2,(H,22,24,26). The van der Waals surface area contributed by atoms with Gasteiger partial charge >= 0.3 is 0 Å². The highest BCUT2D eigenvalue weighted by atomic mass is 15.3. The molecule has 0 aliphatic rings. The lowest BCUT2D eigenvalue weighted by molar-refractivity contribution is 0.706. The second kappa shape index (κ2) is 6.45. The lowest BCUT2D eigenvalue weighted by Crippen LogP contribution is -2.03. The third kappa shape index (κ3) is 2.85. The van der Waals surface area contributed by atoms with Crippen LogP contribution >= 0.6 is 0 Å². The van der Waals surface area contributed by atoms with E-state index in [4.69, 9.17) is 10.1 Å². The van der Waals surface area contributed by atoms with Crippen LogP contribution in [0.25, 0.3) is 33.8 Å². The van der Waals surface area contributed by atoms with Gasteiger partial charge in [-0.3, -0.25) is 0 Å². The van der Waals surface area contributed by atoms with Crippen molar-refractivity contribution in [1.82, 2.24) is 35.2 Å². The van der Waals surface area contributed by atoms with Crippen molar-refractivity contribution < 1.29 is 0 Å². The van der Waals surface area contributed by atoms with Crippen LogP contribution in [0.15, 0.2) is 73.1 Å². The molecule has 0 atom stereocenters. The Morgan fingerprint density at radius 2 is 1.67 bits per heavy atom. The molecule has 0 bridgehead atoms. The predicted octanol–water partition coefficient (Wildman–Crippen LogP) is 3.33. The molecule has 0 saturated carbocycles. The molecule has 0 unspecified atom stereocenters. The molecule has 0 saturated heterocycles. The molecule has 2 aromatic carbocycles. The van der Waals surface area contributed by atoms with Crippen molar-refractivity contribution >= 4 is 11.0 Å². The normalized spacial score (nSPS) is 11.1. The van der Waals surface area contributed by atoms with Crippen LogP contribution in [0.4, 0.5) is 0 Å². The molecule has 130 valence electrons. The van der Waals surface area contributed by atoms with E-state index in [9.17, 15) is 0 Å². The van der Waals surface area contributed by atoms with E-state index < -0.39 is 0 Å². The summed E-state index contributed by atoms with van der Waals surface area (Å²) in [5.74, 6) is 0.519. The average Bonchev–Trinajstić information content (AvgIpc) is 3.38. The van der Waals surface area contributed by atoms with E-state index in [0.717, 1.165) is 27.9 Å². The number of aromatic nitrogens is 7. The van der Waals surface area contributed by atoms with Gasteiger partial charge in [-0.1, -0.05) is 60.7 Å². The zero-order valence-electron chi connectivity index (χ0n) is 14.3. The van der Waals surface area contributed by atoms with Crippen molar-refractivity contribution in [3.63, 3.8) is 0 Å². The van der Waals surface area contributed by atoms with Crippen LogP contribution in [0, 0.1) is 0 Å². The first-order chi connectivity index (χ1) is 13.4. The molecular weight excluding hydrogens is 338 g/mol. The number of fused-ring (bicyclic) bond motifs is 1. The maximum atomic E-state index is 4.85. The van der Waals surface area contributed by atoms with E-state index in [0.29, 0.717) is 18.1 Å². The molecule has 0 aliphatic carbocycles. The van der Waals surface area contributed by atoms with Gasteiger partial charge in [-0.25, -0.2) is 14.6 Å². The highest BCUT2D eigenvalue weighted by Crippen LogP contribution is 2.28. The summed E-state index contributed by atoms with van der Waals surface area (Å²) in [4.78, 5) is 9.20. The molecule has 7 nitrogen and oxygen atoms in total. The molecular formula is C20H15N7. The van der Waals surface area contributed by atoms with Gasteiger partial charge < -0.3 is 0 Å². The summed E-state index contributed by atoms with van der Waals surface area (Å²) < 4.78 is 1.91. The fourth-order valence-corrected chi connectivity index (χ4v) is 3.07. The molecule has 0 amide bonds. The van der Waals surface area contributed by atoms with Crippen molar-refractivity contribution in [1.29, 1.82) is 0 Å².